The van der Waals surface area contributed by atoms with Crippen molar-refractivity contribution in [2.45, 2.75) is 19.3 Å². The van der Waals surface area contributed by atoms with E-state index < -0.39 is 0 Å². The van der Waals surface area contributed by atoms with Crippen molar-refractivity contribution in [3.8, 4) is 0 Å². The van der Waals surface area contributed by atoms with E-state index in [4.69, 9.17) is 5.11 Å². The number of para-hydroxylation sites is 1. The van der Waals surface area contributed by atoms with Crippen molar-refractivity contribution in [2.75, 3.05) is 25.0 Å². The lowest BCUT2D eigenvalue weighted by molar-refractivity contribution is -0.122. The lowest BCUT2D eigenvalue weighted by Crippen LogP contribution is -2.33. The van der Waals surface area contributed by atoms with Crippen LogP contribution in [0.4, 0.5) is 5.69 Å². The quantitative estimate of drug-likeness (QED) is 0.736. The Bertz CT molecular complexity index is 420. The molecule has 0 spiro atoms. The third-order valence-electron chi connectivity index (χ3n) is 3.40. The summed E-state index contributed by atoms with van der Waals surface area (Å²) in [4.78, 5) is 12.1. The van der Waals surface area contributed by atoms with Crippen LogP contribution in [0.25, 0.3) is 0 Å². The van der Waals surface area contributed by atoms with E-state index in [2.05, 4.69) is 10.6 Å². The van der Waals surface area contributed by atoms with Crippen molar-refractivity contribution in [2.24, 2.45) is 5.92 Å². The third kappa shape index (κ3) is 2.82. The number of hydrogen-bond donors (Lipinski definition) is 3. The van der Waals surface area contributed by atoms with E-state index in [1.165, 1.54) is 0 Å². The minimum atomic E-state index is -0.0949. The highest BCUT2D eigenvalue weighted by molar-refractivity contribution is 5.88. The number of benzene rings is 1. The molecule has 0 fully saturated rings. The lowest BCUT2D eigenvalue weighted by Gasteiger charge is -2.14. The van der Waals surface area contributed by atoms with Gasteiger partial charge in [-0.15, -0.1) is 0 Å². The van der Waals surface area contributed by atoms with Crippen LogP contribution < -0.4 is 10.6 Å². The smallest absolute Gasteiger partial charge is 0.229 e. The first-order valence-corrected chi connectivity index (χ1v) is 6.43. The fraction of sp³-hybridized carbons (Fsp3) is 0.500. The molecule has 98 valence electrons. The highest BCUT2D eigenvalue weighted by Crippen LogP contribution is 2.30. The van der Waals surface area contributed by atoms with Gasteiger partial charge in [0.2, 0.25) is 5.91 Å². The fourth-order valence-electron chi connectivity index (χ4n) is 2.24. The summed E-state index contributed by atoms with van der Waals surface area (Å²) in [5.74, 6) is 0.281. The number of amides is 1. The lowest BCUT2D eigenvalue weighted by atomic mass is 10.00. The van der Waals surface area contributed by atoms with Gasteiger partial charge >= 0.3 is 0 Å². The molecule has 0 radical (unpaired) electrons. The number of carbonyl (C=O) groups excluding carboxylic acids is 1. The number of aliphatic hydroxyl groups excluding tert-OH is 1. The van der Waals surface area contributed by atoms with Crippen molar-refractivity contribution >= 4 is 11.6 Å². The van der Waals surface area contributed by atoms with Crippen LogP contribution in [-0.4, -0.2) is 30.7 Å². The Hall–Kier alpha value is -1.55. The van der Waals surface area contributed by atoms with Gasteiger partial charge in [-0.1, -0.05) is 25.1 Å². The van der Waals surface area contributed by atoms with Gasteiger partial charge < -0.3 is 15.7 Å². The maximum Gasteiger partial charge on any atom is 0.229 e. The number of carbonyl (C=O) groups is 1. The largest absolute Gasteiger partial charge is 0.396 e. The summed E-state index contributed by atoms with van der Waals surface area (Å²) in [6.45, 7) is 3.49. The first-order valence-electron chi connectivity index (χ1n) is 6.43. The predicted molar refractivity (Wildman–Crippen MR) is 71.5 cm³/mol. The number of anilines is 1. The number of rotatable bonds is 5. The molecule has 2 atom stereocenters. The van der Waals surface area contributed by atoms with E-state index in [9.17, 15) is 4.79 Å². The van der Waals surface area contributed by atoms with E-state index in [0.717, 1.165) is 17.7 Å². The Morgan fingerprint density at radius 3 is 3.11 bits per heavy atom. The molecule has 1 aromatic rings. The van der Waals surface area contributed by atoms with Gasteiger partial charge in [0.1, 0.15) is 0 Å². The zero-order valence-corrected chi connectivity index (χ0v) is 10.6. The van der Waals surface area contributed by atoms with Crippen LogP contribution in [0.15, 0.2) is 24.3 Å². The molecule has 0 aliphatic carbocycles. The first-order chi connectivity index (χ1) is 8.72. The van der Waals surface area contributed by atoms with Crippen LogP contribution >= 0.6 is 0 Å². The zero-order chi connectivity index (χ0) is 13.0. The summed E-state index contributed by atoms with van der Waals surface area (Å²) in [6, 6.07) is 7.92. The summed E-state index contributed by atoms with van der Waals surface area (Å²) in [6.07, 6.45) is 0.722. The Morgan fingerprint density at radius 1 is 1.56 bits per heavy atom. The molecule has 2 rings (SSSR count). The van der Waals surface area contributed by atoms with E-state index in [1.807, 2.05) is 31.2 Å². The molecule has 0 saturated heterocycles. The van der Waals surface area contributed by atoms with Crippen molar-refractivity contribution < 1.29 is 9.90 Å². The standard InChI is InChI=1S/C14H20N2O2/c1-10(6-7-17)8-16-14(18)12-9-15-13-5-3-2-4-11(12)13/h2-5,10,12,15,17H,6-9H2,1H3,(H,16,18). The van der Waals surface area contributed by atoms with Crippen molar-refractivity contribution in [1.29, 1.82) is 0 Å². The maximum absolute atomic E-state index is 12.1. The Kier molecular flexibility index (Phi) is 4.20. The second-order valence-electron chi connectivity index (χ2n) is 4.88. The molecular formula is C14H20N2O2. The Labute approximate surface area is 107 Å². The molecule has 2 unspecified atom stereocenters. The van der Waals surface area contributed by atoms with Crippen LogP contribution in [0, 0.1) is 5.92 Å². The summed E-state index contributed by atoms with van der Waals surface area (Å²) < 4.78 is 0. The summed E-state index contributed by atoms with van der Waals surface area (Å²) in [7, 11) is 0. The van der Waals surface area contributed by atoms with Crippen LogP contribution in [0.2, 0.25) is 0 Å². The van der Waals surface area contributed by atoms with Crippen molar-refractivity contribution in [1.82, 2.24) is 5.32 Å². The SMILES string of the molecule is CC(CCO)CNC(=O)C1CNc2ccccc21. The van der Waals surface area contributed by atoms with Crippen LogP contribution in [0.1, 0.15) is 24.8 Å². The highest BCUT2D eigenvalue weighted by atomic mass is 16.3. The molecule has 18 heavy (non-hydrogen) atoms. The molecule has 1 amide bonds. The van der Waals surface area contributed by atoms with Gasteiger partial charge in [0.15, 0.2) is 0 Å². The van der Waals surface area contributed by atoms with Crippen molar-refractivity contribution in [3.05, 3.63) is 29.8 Å². The number of fused-ring (bicyclic) bond motifs is 1. The molecular weight excluding hydrogens is 228 g/mol. The molecule has 0 bridgehead atoms. The van der Waals surface area contributed by atoms with E-state index in [-0.39, 0.29) is 18.4 Å². The molecule has 1 heterocycles. The molecule has 0 aromatic heterocycles. The average molecular weight is 248 g/mol. The van der Waals surface area contributed by atoms with Gasteiger partial charge in [-0.3, -0.25) is 4.79 Å². The monoisotopic (exact) mass is 248 g/mol. The number of nitrogens with one attached hydrogen (secondary N) is 2. The second kappa shape index (κ2) is 5.87. The zero-order valence-electron chi connectivity index (χ0n) is 10.6. The summed E-state index contributed by atoms with van der Waals surface area (Å²) in [5.41, 5.74) is 2.13. The molecule has 1 aromatic carbocycles. The molecule has 4 heteroatoms. The number of hydrogen-bond acceptors (Lipinski definition) is 3. The predicted octanol–water partition coefficient (Wildman–Crippen LogP) is 1.33. The summed E-state index contributed by atoms with van der Waals surface area (Å²) >= 11 is 0. The van der Waals surface area contributed by atoms with Gasteiger partial charge in [0.25, 0.3) is 0 Å². The minimum Gasteiger partial charge on any atom is -0.396 e. The highest BCUT2D eigenvalue weighted by Gasteiger charge is 2.27. The second-order valence-corrected chi connectivity index (χ2v) is 4.88. The van der Waals surface area contributed by atoms with Crippen LogP contribution in [-0.2, 0) is 4.79 Å². The Morgan fingerprint density at radius 2 is 2.33 bits per heavy atom. The van der Waals surface area contributed by atoms with Gasteiger partial charge in [-0.25, -0.2) is 0 Å². The van der Waals surface area contributed by atoms with Gasteiger partial charge in [0, 0.05) is 25.4 Å². The Balaban J connectivity index is 1.91. The first kappa shape index (κ1) is 12.9. The van der Waals surface area contributed by atoms with Gasteiger partial charge in [-0.05, 0) is 24.0 Å². The third-order valence-corrected chi connectivity index (χ3v) is 3.40. The van der Waals surface area contributed by atoms with E-state index in [0.29, 0.717) is 19.0 Å². The number of aliphatic hydroxyl groups is 1. The van der Waals surface area contributed by atoms with Gasteiger partial charge in [0.05, 0.1) is 5.92 Å². The fourth-order valence-corrected chi connectivity index (χ4v) is 2.24. The average Bonchev–Trinajstić information content (AvgIpc) is 2.80. The summed E-state index contributed by atoms with van der Waals surface area (Å²) in [5, 5.41) is 15.0. The topological polar surface area (TPSA) is 61.4 Å². The van der Waals surface area contributed by atoms with Crippen LogP contribution in [0.5, 0.6) is 0 Å². The minimum absolute atomic E-state index is 0.0669. The molecule has 0 saturated carbocycles. The van der Waals surface area contributed by atoms with E-state index >= 15 is 0 Å². The van der Waals surface area contributed by atoms with E-state index in [1.54, 1.807) is 0 Å². The maximum atomic E-state index is 12.1. The van der Waals surface area contributed by atoms with Gasteiger partial charge in [-0.2, -0.15) is 0 Å². The normalized spacial score (nSPS) is 18.9. The molecule has 3 N–H and O–H groups in total. The van der Waals surface area contributed by atoms with Crippen molar-refractivity contribution in [3.63, 3.8) is 0 Å². The molecule has 4 nitrogen and oxygen atoms in total. The molecule has 1 aliphatic heterocycles. The molecule has 1 aliphatic rings. The van der Waals surface area contributed by atoms with Crippen LogP contribution in [0.3, 0.4) is 0 Å².